The molecule has 1 N–H and O–H groups in total. The Morgan fingerprint density at radius 2 is 2.15 bits per heavy atom. The van der Waals surface area contributed by atoms with E-state index in [1.807, 2.05) is 19.9 Å². The third kappa shape index (κ3) is 2.20. The topological polar surface area (TPSA) is 58.1 Å². The number of rotatable bonds is 3. The van der Waals surface area contributed by atoms with Gasteiger partial charge >= 0.3 is 0 Å². The molecule has 2 heterocycles. The Hall–Kier alpha value is -2.14. The van der Waals surface area contributed by atoms with Crippen LogP contribution < -0.4 is 0 Å². The van der Waals surface area contributed by atoms with Crippen molar-refractivity contribution in [1.82, 2.24) is 0 Å². The van der Waals surface area contributed by atoms with Crippen molar-refractivity contribution in [2.45, 2.75) is 20.3 Å². The Morgan fingerprint density at radius 1 is 1.30 bits per heavy atom. The van der Waals surface area contributed by atoms with Crippen LogP contribution in [0.15, 0.2) is 45.2 Å². The van der Waals surface area contributed by atoms with Crippen LogP contribution in [0.5, 0.6) is 5.75 Å². The number of furan rings is 1. The second-order valence-corrected chi connectivity index (χ2v) is 5.76. The van der Waals surface area contributed by atoms with Gasteiger partial charge in [-0.3, -0.25) is 0 Å². The molecule has 0 atom stereocenters. The molecule has 102 valence electrons. The number of thiophene rings is 1. The van der Waals surface area contributed by atoms with Crippen LogP contribution in [0.25, 0.3) is 10.1 Å². The second-order valence-electron chi connectivity index (χ2n) is 4.51. The minimum absolute atomic E-state index is 0.304. The normalized spacial score (nSPS) is 11.7. The van der Waals surface area contributed by atoms with Crippen molar-refractivity contribution in [3.05, 3.63) is 41.0 Å². The maximum atomic E-state index is 10.1. The average Bonchev–Trinajstić information content (AvgIpc) is 3.06. The molecule has 0 amide bonds. The fourth-order valence-corrected chi connectivity index (χ4v) is 3.18. The third-order valence-corrected chi connectivity index (χ3v) is 4.15. The molecule has 0 bridgehead atoms. The lowest BCUT2D eigenvalue weighted by atomic mass is 10.1. The van der Waals surface area contributed by atoms with E-state index in [-0.39, 0.29) is 0 Å². The number of phenolic OH excluding ortho intramolecular Hbond substituents is 1. The number of azo groups is 1. The monoisotopic (exact) mass is 286 g/mol. The molecule has 20 heavy (non-hydrogen) atoms. The van der Waals surface area contributed by atoms with E-state index in [0.29, 0.717) is 11.6 Å². The van der Waals surface area contributed by atoms with Crippen LogP contribution >= 0.6 is 11.3 Å². The van der Waals surface area contributed by atoms with Crippen molar-refractivity contribution >= 4 is 33.0 Å². The van der Waals surface area contributed by atoms with Crippen LogP contribution in [0.3, 0.4) is 0 Å². The number of aromatic hydroxyl groups is 1. The van der Waals surface area contributed by atoms with E-state index in [1.54, 1.807) is 35.8 Å². The summed E-state index contributed by atoms with van der Waals surface area (Å²) in [6, 6.07) is 7.27. The molecule has 3 rings (SSSR count). The minimum Gasteiger partial charge on any atom is -0.507 e. The van der Waals surface area contributed by atoms with Gasteiger partial charge in [0, 0.05) is 16.3 Å². The maximum absolute atomic E-state index is 10.1. The van der Waals surface area contributed by atoms with Gasteiger partial charge in [-0.25, -0.2) is 0 Å². The molecule has 0 unspecified atom stereocenters. The number of benzene rings is 1. The summed E-state index contributed by atoms with van der Waals surface area (Å²) in [4.78, 5) is 1.14. The van der Waals surface area contributed by atoms with E-state index in [4.69, 9.17) is 4.42 Å². The van der Waals surface area contributed by atoms with E-state index < -0.39 is 0 Å². The van der Waals surface area contributed by atoms with E-state index in [2.05, 4.69) is 10.2 Å². The van der Waals surface area contributed by atoms with E-state index in [0.717, 1.165) is 32.6 Å². The minimum atomic E-state index is 0.304. The fourth-order valence-electron chi connectivity index (χ4n) is 2.14. The molecule has 0 aliphatic carbocycles. The Bertz CT molecular complexity index is 773. The Morgan fingerprint density at radius 3 is 2.85 bits per heavy atom. The Kier molecular flexibility index (Phi) is 3.28. The highest BCUT2D eigenvalue weighted by molar-refractivity contribution is 7.19. The first-order chi connectivity index (χ1) is 9.69. The van der Waals surface area contributed by atoms with Crippen LogP contribution in [0, 0.1) is 6.92 Å². The zero-order valence-electron chi connectivity index (χ0n) is 11.3. The SMILES string of the molecule is CCc1cc(O)c2cc(C)sc2c1N=Nc1ccco1. The first-order valence-electron chi connectivity index (χ1n) is 6.39. The van der Waals surface area contributed by atoms with E-state index in [9.17, 15) is 5.11 Å². The quantitative estimate of drug-likeness (QED) is 0.647. The van der Waals surface area contributed by atoms with Crippen molar-refractivity contribution in [2.75, 3.05) is 0 Å². The van der Waals surface area contributed by atoms with Crippen LogP contribution in [0.2, 0.25) is 0 Å². The molecular weight excluding hydrogens is 272 g/mol. The highest BCUT2D eigenvalue weighted by Crippen LogP contribution is 2.42. The molecule has 5 heteroatoms. The van der Waals surface area contributed by atoms with E-state index in [1.165, 1.54) is 0 Å². The Balaban J connectivity index is 2.19. The molecule has 0 radical (unpaired) electrons. The van der Waals surface area contributed by atoms with Gasteiger partial charge in [-0.15, -0.1) is 21.6 Å². The summed E-state index contributed by atoms with van der Waals surface area (Å²) < 4.78 is 6.13. The summed E-state index contributed by atoms with van der Waals surface area (Å²) in [7, 11) is 0. The molecule has 4 nitrogen and oxygen atoms in total. The second kappa shape index (κ2) is 5.09. The van der Waals surface area contributed by atoms with Crippen molar-refractivity contribution in [2.24, 2.45) is 10.2 Å². The molecule has 0 saturated carbocycles. The fraction of sp³-hybridized carbons (Fsp3) is 0.200. The van der Waals surface area contributed by atoms with Gasteiger partial charge in [0.1, 0.15) is 11.4 Å². The van der Waals surface area contributed by atoms with Gasteiger partial charge in [0.05, 0.1) is 11.0 Å². The summed E-state index contributed by atoms with van der Waals surface area (Å²) in [5.74, 6) is 0.778. The van der Waals surface area contributed by atoms with Crippen molar-refractivity contribution in [3.8, 4) is 5.75 Å². The first-order valence-corrected chi connectivity index (χ1v) is 7.21. The first kappa shape index (κ1) is 12.9. The lowest BCUT2D eigenvalue weighted by Gasteiger charge is -2.05. The molecule has 1 aromatic carbocycles. The number of hydrogen-bond acceptors (Lipinski definition) is 5. The van der Waals surface area contributed by atoms with Crippen LogP contribution in [0.4, 0.5) is 11.6 Å². The summed E-state index contributed by atoms with van der Waals surface area (Å²) in [6.07, 6.45) is 2.35. The number of nitrogens with zero attached hydrogens (tertiary/aromatic N) is 2. The summed E-state index contributed by atoms with van der Waals surface area (Å²) in [6.45, 7) is 4.05. The molecular formula is C15H14N2O2S. The van der Waals surface area contributed by atoms with Crippen molar-refractivity contribution in [3.63, 3.8) is 0 Å². The van der Waals surface area contributed by atoms with E-state index >= 15 is 0 Å². The van der Waals surface area contributed by atoms with Gasteiger partial charge in [-0.2, -0.15) is 0 Å². The summed E-state index contributed by atoms with van der Waals surface area (Å²) in [5.41, 5.74) is 1.79. The third-order valence-electron chi connectivity index (χ3n) is 3.10. The van der Waals surface area contributed by atoms with Gasteiger partial charge < -0.3 is 9.52 Å². The number of phenols is 1. The Labute approximate surface area is 120 Å². The smallest absolute Gasteiger partial charge is 0.238 e. The largest absolute Gasteiger partial charge is 0.507 e. The number of hydrogen-bond donors (Lipinski definition) is 1. The molecule has 0 saturated heterocycles. The lowest BCUT2D eigenvalue weighted by Crippen LogP contribution is -1.82. The molecule has 0 fully saturated rings. The predicted octanol–water partition coefficient (Wildman–Crippen LogP) is 5.49. The van der Waals surface area contributed by atoms with Gasteiger partial charge in [-0.1, -0.05) is 6.92 Å². The number of fused-ring (bicyclic) bond motifs is 1. The van der Waals surface area contributed by atoms with Crippen LogP contribution in [-0.4, -0.2) is 5.11 Å². The van der Waals surface area contributed by atoms with Gasteiger partial charge in [-0.05, 0) is 37.1 Å². The predicted molar refractivity (Wildman–Crippen MR) is 80.5 cm³/mol. The molecule has 2 aromatic heterocycles. The maximum Gasteiger partial charge on any atom is 0.238 e. The standard InChI is InChI=1S/C15H14N2O2S/c1-3-10-8-12(18)11-7-9(2)20-15(11)14(10)17-16-13-5-4-6-19-13/h4-8,18H,3H2,1-2H3. The molecule has 0 spiro atoms. The zero-order chi connectivity index (χ0) is 14.1. The van der Waals surface area contributed by atoms with Gasteiger partial charge in [0.25, 0.3) is 0 Å². The molecule has 0 aliphatic heterocycles. The summed E-state index contributed by atoms with van der Waals surface area (Å²) >= 11 is 1.62. The number of aryl methyl sites for hydroxylation is 2. The van der Waals surface area contributed by atoms with Gasteiger partial charge in [0.15, 0.2) is 0 Å². The molecule has 0 aliphatic rings. The van der Waals surface area contributed by atoms with Crippen molar-refractivity contribution < 1.29 is 9.52 Å². The van der Waals surface area contributed by atoms with Crippen LogP contribution in [0.1, 0.15) is 17.4 Å². The molecule has 3 aromatic rings. The highest BCUT2D eigenvalue weighted by atomic mass is 32.1. The summed E-state index contributed by atoms with van der Waals surface area (Å²) in [5, 5.41) is 19.4. The lowest BCUT2D eigenvalue weighted by molar-refractivity contribution is 0.481. The average molecular weight is 286 g/mol. The van der Waals surface area contributed by atoms with Gasteiger partial charge in [0.2, 0.25) is 5.88 Å². The highest BCUT2D eigenvalue weighted by Gasteiger charge is 2.13. The zero-order valence-corrected chi connectivity index (χ0v) is 12.1. The van der Waals surface area contributed by atoms with Crippen LogP contribution in [-0.2, 0) is 6.42 Å². The van der Waals surface area contributed by atoms with Crippen molar-refractivity contribution in [1.29, 1.82) is 0 Å².